The maximum absolute atomic E-state index is 11.8. The van der Waals surface area contributed by atoms with E-state index in [0.29, 0.717) is 16.9 Å². The number of phenolic OH excluding ortho intramolecular Hbond substituents is 1. The Morgan fingerprint density at radius 3 is 2.81 bits per heavy atom. The fraction of sp³-hybridized carbons (Fsp3) is 0.0714. The summed E-state index contributed by atoms with van der Waals surface area (Å²) in [6, 6.07) is 6.43. The number of nitrogens with zero attached hydrogens (tertiary/aromatic N) is 2. The molecule has 108 valence electrons. The molecule has 0 fully saturated rings. The van der Waals surface area contributed by atoms with Crippen LogP contribution in [0, 0.1) is 0 Å². The molecule has 1 aromatic carbocycles. The lowest BCUT2D eigenvalue weighted by Gasteiger charge is -2.06. The Morgan fingerprint density at radius 1 is 1.43 bits per heavy atom. The van der Waals surface area contributed by atoms with Crippen LogP contribution in [-0.4, -0.2) is 29.3 Å². The zero-order valence-electron chi connectivity index (χ0n) is 11.1. The zero-order chi connectivity index (χ0) is 15.2. The number of halogens is 1. The first-order valence-electron chi connectivity index (χ1n) is 5.91. The van der Waals surface area contributed by atoms with Crippen molar-refractivity contribution in [3.63, 3.8) is 0 Å². The molecule has 0 radical (unpaired) electrons. The number of phenols is 1. The van der Waals surface area contributed by atoms with Gasteiger partial charge in [-0.1, -0.05) is 15.9 Å². The van der Waals surface area contributed by atoms with Crippen molar-refractivity contribution in [2.45, 2.75) is 0 Å². The van der Waals surface area contributed by atoms with E-state index in [0.717, 1.165) is 4.47 Å². The van der Waals surface area contributed by atoms with Crippen molar-refractivity contribution >= 4 is 28.1 Å². The SMILES string of the molecule is COc1cc(Br)cc(/C=N/NC(=O)c2ccncc2)c1O. The molecule has 6 nitrogen and oxygen atoms in total. The van der Waals surface area contributed by atoms with E-state index in [-0.39, 0.29) is 11.7 Å². The number of carbonyl (C=O) groups is 1. The van der Waals surface area contributed by atoms with Gasteiger partial charge in [0.25, 0.3) is 5.91 Å². The van der Waals surface area contributed by atoms with Crippen molar-refractivity contribution in [2.24, 2.45) is 5.10 Å². The van der Waals surface area contributed by atoms with Crippen molar-refractivity contribution in [3.05, 3.63) is 52.3 Å². The van der Waals surface area contributed by atoms with Gasteiger partial charge in [0.15, 0.2) is 11.5 Å². The summed E-state index contributed by atoms with van der Waals surface area (Å²) in [6.45, 7) is 0. The quantitative estimate of drug-likeness (QED) is 0.655. The number of rotatable bonds is 4. The molecule has 21 heavy (non-hydrogen) atoms. The first-order valence-corrected chi connectivity index (χ1v) is 6.71. The topological polar surface area (TPSA) is 83.8 Å². The van der Waals surface area contributed by atoms with Crippen LogP contribution in [-0.2, 0) is 0 Å². The van der Waals surface area contributed by atoms with Gasteiger partial charge in [0.1, 0.15) is 0 Å². The van der Waals surface area contributed by atoms with Crippen LogP contribution in [0.4, 0.5) is 0 Å². The highest BCUT2D eigenvalue weighted by molar-refractivity contribution is 9.10. The second kappa shape index (κ2) is 6.85. The van der Waals surface area contributed by atoms with E-state index in [1.807, 2.05) is 0 Å². The first kappa shape index (κ1) is 15.0. The summed E-state index contributed by atoms with van der Waals surface area (Å²) >= 11 is 3.30. The van der Waals surface area contributed by atoms with E-state index in [2.05, 4.69) is 31.4 Å². The van der Waals surface area contributed by atoms with Gasteiger partial charge in [-0.15, -0.1) is 0 Å². The second-order valence-corrected chi connectivity index (χ2v) is 4.90. The predicted octanol–water partition coefficient (Wildman–Crippen LogP) is 2.32. The molecule has 0 aliphatic rings. The van der Waals surface area contributed by atoms with E-state index in [1.54, 1.807) is 24.3 Å². The van der Waals surface area contributed by atoms with Gasteiger partial charge in [-0.05, 0) is 24.3 Å². The number of nitrogens with one attached hydrogen (secondary N) is 1. The summed E-state index contributed by atoms with van der Waals surface area (Å²) in [4.78, 5) is 15.6. The van der Waals surface area contributed by atoms with Crippen molar-refractivity contribution in [1.29, 1.82) is 0 Å². The number of benzene rings is 1. The molecule has 7 heteroatoms. The molecule has 0 aliphatic carbocycles. The van der Waals surface area contributed by atoms with Crippen LogP contribution >= 0.6 is 15.9 Å². The molecule has 2 rings (SSSR count). The standard InChI is InChI=1S/C14H12BrN3O3/c1-21-12-7-11(15)6-10(13(12)19)8-17-18-14(20)9-2-4-16-5-3-9/h2-8,19H,1H3,(H,18,20)/b17-8+. The highest BCUT2D eigenvalue weighted by atomic mass is 79.9. The fourth-order valence-electron chi connectivity index (χ4n) is 1.58. The Hall–Kier alpha value is -2.41. The van der Waals surface area contributed by atoms with Crippen molar-refractivity contribution < 1.29 is 14.6 Å². The van der Waals surface area contributed by atoms with Crippen molar-refractivity contribution in [1.82, 2.24) is 10.4 Å². The van der Waals surface area contributed by atoms with Gasteiger partial charge in [-0.3, -0.25) is 9.78 Å². The van der Waals surface area contributed by atoms with Gasteiger partial charge in [-0.2, -0.15) is 5.10 Å². The number of pyridine rings is 1. The molecule has 0 saturated heterocycles. The Labute approximate surface area is 129 Å². The van der Waals surface area contributed by atoms with Gasteiger partial charge in [0.05, 0.1) is 13.3 Å². The van der Waals surface area contributed by atoms with Crippen LogP contribution in [0.1, 0.15) is 15.9 Å². The van der Waals surface area contributed by atoms with E-state index in [9.17, 15) is 9.90 Å². The Bertz CT molecular complexity index is 675. The van der Waals surface area contributed by atoms with Crippen LogP contribution < -0.4 is 10.2 Å². The molecule has 1 amide bonds. The number of hydrogen-bond acceptors (Lipinski definition) is 5. The maximum atomic E-state index is 11.8. The molecule has 0 bridgehead atoms. The van der Waals surface area contributed by atoms with Gasteiger partial charge in [0.2, 0.25) is 0 Å². The number of hydrazone groups is 1. The largest absolute Gasteiger partial charge is 0.504 e. The predicted molar refractivity (Wildman–Crippen MR) is 81.7 cm³/mol. The van der Waals surface area contributed by atoms with Crippen LogP contribution in [0.2, 0.25) is 0 Å². The van der Waals surface area contributed by atoms with Gasteiger partial charge >= 0.3 is 0 Å². The molecule has 0 spiro atoms. The third-order valence-corrected chi connectivity index (χ3v) is 3.06. The molecule has 1 heterocycles. The van der Waals surface area contributed by atoms with E-state index < -0.39 is 0 Å². The summed E-state index contributed by atoms with van der Waals surface area (Å²) < 4.78 is 5.75. The highest BCUT2D eigenvalue weighted by Crippen LogP contribution is 2.32. The normalized spacial score (nSPS) is 10.6. The average molecular weight is 350 g/mol. The smallest absolute Gasteiger partial charge is 0.271 e. The molecular weight excluding hydrogens is 338 g/mol. The van der Waals surface area contributed by atoms with Gasteiger partial charge in [-0.25, -0.2) is 5.43 Å². The lowest BCUT2D eigenvalue weighted by Crippen LogP contribution is -2.17. The molecular formula is C14H12BrN3O3. The van der Waals surface area contributed by atoms with Crippen LogP contribution in [0.25, 0.3) is 0 Å². The number of amides is 1. The second-order valence-electron chi connectivity index (χ2n) is 3.98. The Kier molecular flexibility index (Phi) is 4.89. The van der Waals surface area contributed by atoms with E-state index in [1.165, 1.54) is 25.7 Å². The number of hydrogen-bond donors (Lipinski definition) is 2. The molecule has 2 N–H and O–H groups in total. The number of methoxy groups -OCH3 is 1. The third kappa shape index (κ3) is 3.79. The minimum Gasteiger partial charge on any atom is -0.504 e. The number of aromatic hydroxyl groups is 1. The third-order valence-electron chi connectivity index (χ3n) is 2.60. The van der Waals surface area contributed by atoms with Gasteiger partial charge in [0, 0.05) is 28.0 Å². The first-order chi connectivity index (χ1) is 10.1. The molecule has 0 aliphatic heterocycles. The zero-order valence-corrected chi connectivity index (χ0v) is 12.7. The lowest BCUT2D eigenvalue weighted by molar-refractivity contribution is 0.0955. The summed E-state index contributed by atoms with van der Waals surface area (Å²) in [6.07, 6.45) is 4.37. The van der Waals surface area contributed by atoms with Gasteiger partial charge < -0.3 is 9.84 Å². The Morgan fingerprint density at radius 2 is 2.14 bits per heavy atom. The van der Waals surface area contributed by atoms with Crippen LogP contribution in [0.3, 0.4) is 0 Å². The molecule has 1 aromatic heterocycles. The number of carbonyl (C=O) groups excluding carboxylic acids is 1. The number of aromatic nitrogens is 1. The average Bonchev–Trinajstić information content (AvgIpc) is 2.51. The Balaban J connectivity index is 2.12. The van der Waals surface area contributed by atoms with E-state index >= 15 is 0 Å². The van der Waals surface area contributed by atoms with Crippen LogP contribution in [0.15, 0.2) is 46.2 Å². The molecule has 2 aromatic rings. The monoisotopic (exact) mass is 349 g/mol. The van der Waals surface area contributed by atoms with Crippen molar-refractivity contribution in [2.75, 3.05) is 7.11 Å². The summed E-state index contributed by atoms with van der Waals surface area (Å²) in [5, 5.41) is 13.8. The summed E-state index contributed by atoms with van der Waals surface area (Å²) in [7, 11) is 1.45. The maximum Gasteiger partial charge on any atom is 0.271 e. The molecule has 0 atom stereocenters. The van der Waals surface area contributed by atoms with Crippen LogP contribution in [0.5, 0.6) is 11.5 Å². The molecule has 0 saturated carbocycles. The van der Waals surface area contributed by atoms with Crippen molar-refractivity contribution in [3.8, 4) is 11.5 Å². The summed E-state index contributed by atoms with van der Waals surface area (Å²) in [5.41, 5.74) is 3.22. The minimum atomic E-state index is -0.366. The number of ether oxygens (including phenoxy) is 1. The molecule has 0 unspecified atom stereocenters. The fourth-order valence-corrected chi connectivity index (χ4v) is 2.03. The van der Waals surface area contributed by atoms with E-state index in [4.69, 9.17) is 4.74 Å². The lowest BCUT2D eigenvalue weighted by atomic mass is 10.2. The minimum absolute atomic E-state index is 0.0531. The highest BCUT2D eigenvalue weighted by Gasteiger charge is 2.08. The summed E-state index contributed by atoms with van der Waals surface area (Å²) in [5.74, 6) is -0.107.